The summed E-state index contributed by atoms with van der Waals surface area (Å²) >= 11 is 0. The molecule has 2 aliphatic rings. The van der Waals surface area contributed by atoms with Gasteiger partial charge in [-0.15, -0.1) is 0 Å². The molecule has 1 saturated heterocycles. The lowest BCUT2D eigenvalue weighted by Crippen LogP contribution is -2.33. The van der Waals surface area contributed by atoms with Gasteiger partial charge in [-0.05, 0) is 44.1 Å². The van der Waals surface area contributed by atoms with E-state index < -0.39 is 0 Å². The molecule has 5 nitrogen and oxygen atoms in total. The number of nitrogens with one attached hydrogen (secondary N) is 2. The van der Waals surface area contributed by atoms with Gasteiger partial charge in [0.25, 0.3) is 5.91 Å². The summed E-state index contributed by atoms with van der Waals surface area (Å²) in [6.45, 7) is 4.89. The van der Waals surface area contributed by atoms with Crippen LogP contribution in [-0.4, -0.2) is 62.5 Å². The Bertz CT molecular complexity index is 531. The second kappa shape index (κ2) is 5.93. The minimum Gasteiger partial charge on any atom is -0.382 e. The van der Waals surface area contributed by atoms with Gasteiger partial charge in [0.2, 0.25) is 0 Å². The lowest BCUT2D eigenvalue weighted by Gasteiger charge is -2.23. The van der Waals surface area contributed by atoms with Crippen LogP contribution < -0.4 is 10.6 Å². The Morgan fingerprint density at radius 1 is 1.33 bits per heavy atom. The predicted molar refractivity (Wildman–Crippen MR) is 86.0 cm³/mol. The van der Waals surface area contributed by atoms with Gasteiger partial charge in [-0.1, -0.05) is 0 Å². The van der Waals surface area contributed by atoms with Crippen molar-refractivity contribution in [3.8, 4) is 0 Å². The van der Waals surface area contributed by atoms with Gasteiger partial charge in [0.1, 0.15) is 0 Å². The molecule has 1 atom stereocenters. The Labute approximate surface area is 126 Å². The van der Waals surface area contributed by atoms with Crippen molar-refractivity contribution in [3.63, 3.8) is 0 Å². The summed E-state index contributed by atoms with van der Waals surface area (Å²) in [7, 11) is 4.05. The molecule has 1 fully saturated rings. The minimum absolute atomic E-state index is 0.111. The van der Waals surface area contributed by atoms with Crippen LogP contribution in [0.5, 0.6) is 0 Å². The summed E-state index contributed by atoms with van der Waals surface area (Å²) in [4.78, 5) is 16.8. The average Bonchev–Trinajstić information content (AvgIpc) is 2.91. The van der Waals surface area contributed by atoms with Gasteiger partial charge in [-0.2, -0.15) is 0 Å². The molecule has 2 aliphatic heterocycles. The first kappa shape index (κ1) is 14.2. The van der Waals surface area contributed by atoms with Crippen molar-refractivity contribution in [2.45, 2.75) is 6.42 Å². The number of benzene rings is 1. The van der Waals surface area contributed by atoms with Crippen LogP contribution in [0.2, 0.25) is 0 Å². The number of carbonyl (C=O) groups excluding carboxylic acids is 1. The van der Waals surface area contributed by atoms with Crippen LogP contribution >= 0.6 is 0 Å². The smallest absolute Gasteiger partial charge is 0.253 e. The number of rotatable bonds is 3. The number of carbonyl (C=O) groups is 1. The van der Waals surface area contributed by atoms with Crippen molar-refractivity contribution in [1.29, 1.82) is 0 Å². The molecule has 2 heterocycles. The highest BCUT2D eigenvalue weighted by molar-refractivity contribution is 5.96. The number of likely N-dealkylation sites (tertiary alicyclic amines) is 1. The Morgan fingerprint density at radius 3 is 2.81 bits per heavy atom. The molecule has 0 aromatic heterocycles. The van der Waals surface area contributed by atoms with E-state index in [2.05, 4.69) is 22.6 Å². The molecule has 0 spiro atoms. The first-order valence-electron chi connectivity index (χ1n) is 7.69. The van der Waals surface area contributed by atoms with Crippen LogP contribution in [0.25, 0.3) is 0 Å². The quantitative estimate of drug-likeness (QED) is 0.886. The molecule has 1 unspecified atom stereocenters. The molecule has 0 radical (unpaired) electrons. The van der Waals surface area contributed by atoms with Crippen LogP contribution in [0.4, 0.5) is 11.4 Å². The van der Waals surface area contributed by atoms with Gasteiger partial charge < -0.3 is 20.4 Å². The molecular formula is C16H24N4O. The van der Waals surface area contributed by atoms with E-state index in [1.807, 2.05) is 30.1 Å². The Hall–Kier alpha value is -1.75. The maximum atomic E-state index is 12.6. The van der Waals surface area contributed by atoms with Gasteiger partial charge in [0.15, 0.2) is 0 Å². The predicted octanol–water partition coefficient (Wildman–Crippen LogP) is 1.55. The van der Waals surface area contributed by atoms with Crippen LogP contribution in [0.15, 0.2) is 18.2 Å². The fourth-order valence-corrected chi connectivity index (χ4v) is 3.24. The molecule has 0 aliphatic carbocycles. The number of amides is 1. The molecule has 1 aromatic carbocycles. The van der Waals surface area contributed by atoms with Crippen molar-refractivity contribution >= 4 is 17.3 Å². The van der Waals surface area contributed by atoms with Crippen molar-refractivity contribution in [3.05, 3.63) is 23.8 Å². The second-order valence-electron chi connectivity index (χ2n) is 6.22. The fraction of sp³-hybridized carbons (Fsp3) is 0.562. The van der Waals surface area contributed by atoms with E-state index in [-0.39, 0.29) is 5.91 Å². The third kappa shape index (κ3) is 3.13. The van der Waals surface area contributed by atoms with Crippen LogP contribution in [0, 0.1) is 5.92 Å². The highest BCUT2D eigenvalue weighted by Gasteiger charge is 2.23. The molecule has 5 heteroatoms. The second-order valence-corrected chi connectivity index (χ2v) is 6.22. The van der Waals surface area contributed by atoms with Gasteiger partial charge in [0.05, 0.1) is 11.4 Å². The first-order chi connectivity index (χ1) is 10.1. The summed E-state index contributed by atoms with van der Waals surface area (Å²) in [5.41, 5.74) is 2.87. The molecular weight excluding hydrogens is 264 g/mol. The summed E-state index contributed by atoms with van der Waals surface area (Å²) < 4.78 is 0. The number of hydrogen-bond donors (Lipinski definition) is 2. The van der Waals surface area contributed by atoms with E-state index >= 15 is 0 Å². The molecule has 1 amide bonds. The molecule has 1 aromatic rings. The average molecular weight is 288 g/mol. The van der Waals surface area contributed by atoms with Gasteiger partial charge >= 0.3 is 0 Å². The van der Waals surface area contributed by atoms with Crippen LogP contribution in [0.3, 0.4) is 0 Å². The van der Waals surface area contributed by atoms with Gasteiger partial charge in [0, 0.05) is 38.8 Å². The molecule has 3 rings (SSSR count). The van der Waals surface area contributed by atoms with Crippen LogP contribution in [0.1, 0.15) is 16.8 Å². The number of nitrogens with zero attached hydrogens (tertiary/aromatic N) is 2. The Balaban J connectivity index is 1.66. The number of fused-ring (bicyclic) bond motifs is 1. The van der Waals surface area contributed by atoms with Crippen molar-refractivity contribution in [2.75, 3.05) is 57.5 Å². The first-order valence-corrected chi connectivity index (χ1v) is 7.69. The van der Waals surface area contributed by atoms with E-state index in [0.29, 0.717) is 5.92 Å². The highest BCUT2D eigenvalue weighted by Crippen LogP contribution is 2.26. The number of anilines is 2. The third-order valence-electron chi connectivity index (χ3n) is 4.39. The minimum atomic E-state index is 0.111. The lowest BCUT2D eigenvalue weighted by atomic mass is 10.1. The Kier molecular flexibility index (Phi) is 4.01. The van der Waals surface area contributed by atoms with E-state index in [0.717, 1.165) is 49.7 Å². The fourth-order valence-electron chi connectivity index (χ4n) is 3.24. The standard InChI is InChI=1S/C16H24N4O/c1-19-8-5-12(10-19)11-20(2)16(21)13-3-4-14-15(9-13)18-7-6-17-14/h3-4,9,12,17-18H,5-8,10-11H2,1-2H3. The third-order valence-corrected chi connectivity index (χ3v) is 4.39. The Morgan fingerprint density at radius 2 is 2.10 bits per heavy atom. The monoisotopic (exact) mass is 288 g/mol. The van der Waals surface area contributed by atoms with E-state index in [4.69, 9.17) is 0 Å². The zero-order valence-corrected chi connectivity index (χ0v) is 12.9. The molecule has 114 valence electrons. The summed E-state index contributed by atoms with van der Waals surface area (Å²) in [6.07, 6.45) is 1.18. The number of hydrogen-bond acceptors (Lipinski definition) is 4. The zero-order chi connectivity index (χ0) is 14.8. The van der Waals surface area contributed by atoms with Gasteiger partial charge in [-0.3, -0.25) is 4.79 Å². The van der Waals surface area contributed by atoms with E-state index in [1.165, 1.54) is 6.42 Å². The summed E-state index contributed by atoms with van der Waals surface area (Å²) in [6, 6.07) is 5.87. The van der Waals surface area contributed by atoms with E-state index in [9.17, 15) is 4.79 Å². The van der Waals surface area contributed by atoms with Crippen molar-refractivity contribution < 1.29 is 4.79 Å². The van der Waals surface area contributed by atoms with Crippen LogP contribution in [-0.2, 0) is 0 Å². The summed E-state index contributed by atoms with van der Waals surface area (Å²) in [5.74, 6) is 0.709. The van der Waals surface area contributed by atoms with E-state index in [1.54, 1.807) is 0 Å². The van der Waals surface area contributed by atoms with Crippen molar-refractivity contribution in [2.24, 2.45) is 5.92 Å². The maximum absolute atomic E-state index is 12.6. The molecule has 21 heavy (non-hydrogen) atoms. The topological polar surface area (TPSA) is 47.6 Å². The largest absolute Gasteiger partial charge is 0.382 e. The zero-order valence-electron chi connectivity index (χ0n) is 12.9. The SMILES string of the molecule is CN1CCC(CN(C)C(=O)c2ccc3c(c2)NCCN3)C1. The maximum Gasteiger partial charge on any atom is 0.253 e. The molecule has 2 N–H and O–H groups in total. The van der Waals surface area contributed by atoms with Crippen molar-refractivity contribution in [1.82, 2.24) is 9.80 Å². The molecule has 0 saturated carbocycles. The van der Waals surface area contributed by atoms with Gasteiger partial charge in [-0.25, -0.2) is 0 Å². The normalized spacial score (nSPS) is 21.3. The molecule has 0 bridgehead atoms. The summed E-state index contributed by atoms with van der Waals surface area (Å²) in [5, 5.41) is 6.66. The highest BCUT2D eigenvalue weighted by atomic mass is 16.2. The lowest BCUT2D eigenvalue weighted by molar-refractivity contribution is 0.0774.